The molecule has 0 rings (SSSR count). The molecule has 0 N–H and O–H groups in total. The third-order valence-corrected chi connectivity index (χ3v) is 2.62. The molecule has 2 nitrogen and oxygen atoms in total. The summed E-state index contributed by atoms with van der Waals surface area (Å²) in [4.78, 5) is 22.2. The van der Waals surface area contributed by atoms with Gasteiger partial charge in [0.05, 0.1) is 0 Å². The van der Waals surface area contributed by atoms with Crippen molar-refractivity contribution in [3.63, 3.8) is 0 Å². The van der Waals surface area contributed by atoms with Crippen LogP contribution in [0.1, 0.15) is 51.4 Å². The van der Waals surface area contributed by atoms with Gasteiger partial charge in [0, 0.05) is 25.0 Å². The number of carbonyl (C=O) groups is 2. The Bertz CT molecular complexity index is 317. The fraction of sp³-hybridized carbons (Fsp3) is 0.500. The summed E-state index contributed by atoms with van der Waals surface area (Å²) in [5.41, 5.74) is 4.98. The van der Waals surface area contributed by atoms with Crippen molar-refractivity contribution in [2.24, 2.45) is 0 Å². The van der Waals surface area contributed by atoms with Crippen molar-refractivity contribution in [1.82, 2.24) is 0 Å². The first-order chi connectivity index (χ1) is 8.70. The largest absolute Gasteiger partial charge is 0.294 e. The molecule has 0 radical (unpaired) electrons. The van der Waals surface area contributed by atoms with Crippen LogP contribution in [0.2, 0.25) is 0 Å². The first kappa shape index (κ1) is 16.4. The number of unbranched alkanes of at least 4 members (excludes halogenated alkanes) is 5. The average molecular weight is 246 g/mol. The Kier molecular flexibility index (Phi) is 10.8. The molecule has 0 aromatic carbocycles. The lowest BCUT2D eigenvalue weighted by molar-refractivity contribution is -0.115. The molecule has 0 aromatic rings. The number of rotatable bonds is 11. The van der Waals surface area contributed by atoms with Crippen molar-refractivity contribution >= 4 is 11.6 Å². The molecule has 98 valence electrons. The SMILES string of the molecule is C=C=CC(=O)CCCCCCCCC(=O)C=C=C. The smallest absolute Gasteiger partial charge is 0.163 e. The Morgan fingerprint density at radius 1 is 0.722 bits per heavy atom. The summed E-state index contributed by atoms with van der Waals surface area (Å²) in [7, 11) is 0. The van der Waals surface area contributed by atoms with Crippen LogP contribution in [0.5, 0.6) is 0 Å². The Morgan fingerprint density at radius 2 is 1.06 bits per heavy atom. The van der Waals surface area contributed by atoms with E-state index in [0.29, 0.717) is 12.8 Å². The summed E-state index contributed by atoms with van der Waals surface area (Å²) in [5, 5.41) is 0. The van der Waals surface area contributed by atoms with Gasteiger partial charge in [-0.3, -0.25) is 9.59 Å². The predicted molar refractivity (Wildman–Crippen MR) is 74.4 cm³/mol. The van der Waals surface area contributed by atoms with Crippen LogP contribution in [0.25, 0.3) is 0 Å². The van der Waals surface area contributed by atoms with Gasteiger partial charge in [-0.15, -0.1) is 11.5 Å². The second-order valence-corrected chi connectivity index (χ2v) is 4.25. The van der Waals surface area contributed by atoms with Crippen molar-refractivity contribution in [2.75, 3.05) is 0 Å². The highest BCUT2D eigenvalue weighted by Gasteiger charge is 1.98. The Labute approximate surface area is 110 Å². The molecular weight excluding hydrogens is 224 g/mol. The first-order valence-corrected chi connectivity index (χ1v) is 6.48. The quantitative estimate of drug-likeness (QED) is 0.314. The molecule has 0 atom stereocenters. The van der Waals surface area contributed by atoms with Crippen molar-refractivity contribution in [2.45, 2.75) is 51.4 Å². The van der Waals surface area contributed by atoms with Gasteiger partial charge < -0.3 is 0 Å². The lowest BCUT2D eigenvalue weighted by Crippen LogP contribution is -1.93. The van der Waals surface area contributed by atoms with Crippen molar-refractivity contribution < 1.29 is 9.59 Å². The number of carbonyl (C=O) groups excluding carboxylic acids is 2. The first-order valence-electron chi connectivity index (χ1n) is 6.48. The molecule has 0 heterocycles. The molecule has 0 saturated carbocycles. The van der Waals surface area contributed by atoms with E-state index in [0.717, 1.165) is 38.5 Å². The summed E-state index contributed by atoms with van der Waals surface area (Å²) in [6.07, 6.45) is 10.2. The maximum absolute atomic E-state index is 11.1. The van der Waals surface area contributed by atoms with Crippen molar-refractivity contribution in [3.05, 3.63) is 36.8 Å². The van der Waals surface area contributed by atoms with Gasteiger partial charge in [0.15, 0.2) is 11.6 Å². The van der Waals surface area contributed by atoms with E-state index in [1.54, 1.807) is 0 Å². The molecule has 0 fully saturated rings. The topological polar surface area (TPSA) is 34.1 Å². The van der Waals surface area contributed by atoms with Crippen LogP contribution in [0.15, 0.2) is 36.8 Å². The van der Waals surface area contributed by atoms with Gasteiger partial charge in [-0.2, -0.15) is 0 Å². The van der Waals surface area contributed by atoms with E-state index in [2.05, 4.69) is 24.6 Å². The van der Waals surface area contributed by atoms with Crippen LogP contribution < -0.4 is 0 Å². The van der Waals surface area contributed by atoms with Gasteiger partial charge in [-0.05, 0) is 12.8 Å². The van der Waals surface area contributed by atoms with Crippen LogP contribution in [0, 0.1) is 0 Å². The molecule has 0 bridgehead atoms. The van der Waals surface area contributed by atoms with Crippen LogP contribution in [-0.2, 0) is 9.59 Å². The fourth-order valence-corrected chi connectivity index (χ4v) is 1.68. The second kappa shape index (κ2) is 11.9. The molecule has 0 spiro atoms. The molecule has 0 unspecified atom stereocenters. The molecule has 0 aliphatic rings. The molecule has 0 amide bonds. The third-order valence-electron chi connectivity index (χ3n) is 2.62. The Morgan fingerprint density at radius 3 is 1.39 bits per heavy atom. The maximum atomic E-state index is 11.1. The fourth-order valence-electron chi connectivity index (χ4n) is 1.68. The molecule has 18 heavy (non-hydrogen) atoms. The molecule has 0 aromatic heterocycles. The molecule has 0 saturated heterocycles. The van der Waals surface area contributed by atoms with Gasteiger partial charge in [0.2, 0.25) is 0 Å². The zero-order valence-corrected chi connectivity index (χ0v) is 11.0. The van der Waals surface area contributed by atoms with E-state index in [1.807, 2.05) is 0 Å². The van der Waals surface area contributed by atoms with Gasteiger partial charge in [-0.25, -0.2) is 0 Å². The van der Waals surface area contributed by atoms with Crippen molar-refractivity contribution in [1.29, 1.82) is 0 Å². The lowest BCUT2D eigenvalue weighted by atomic mass is 10.1. The van der Waals surface area contributed by atoms with Crippen molar-refractivity contribution in [3.8, 4) is 0 Å². The van der Waals surface area contributed by atoms with E-state index < -0.39 is 0 Å². The minimum Gasteiger partial charge on any atom is -0.294 e. The van der Waals surface area contributed by atoms with Crippen LogP contribution in [0.3, 0.4) is 0 Å². The number of hydrogen-bond acceptors (Lipinski definition) is 2. The van der Waals surface area contributed by atoms with E-state index in [4.69, 9.17) is 0 Å². The predicted octanol–water partition coefficient (Wildman–Crippen LogP) is 3.93. The average Bonchev–Trinajstić information content (AvgIpc) is 2.33. The lowest BCUT2D eigenvalue weighted by Gasteiger charge is -1.99. The molecule has 2 heteroatoms. The number of ketones is 2. The highest BCUT2D eigenvalue weighted by molar-refractivity contribution is 5.89. The van der Waals surface area contributed by atoms with Gasteiger partial charge in [0.25, 0.3) is 0 Å². The van der Waals surface area contributed by atoms with Crippen LogP contribution in [0.4, 0.5) is 0 Å². The zero-order valence-electron chi connectivity index (χ0n) is 11.0. The number of allylic oxidation sites excluding steroid dienone is 2. The Balaban J connectivity index is 3.31. The normalized spacial score (nSPS) is 9.11. The van der Waals surface area contributed by atoms with E-state index >= 15 is 0 Å². The summed E-state index contributed by atoms with van der Waals surface area (Å²) in [6.45, 7) is 6.73. The molecule has 0 aliphatic carbocycles. The van der Waals surface area contributed by atoms with Gasteiger partial charge in [0.1, 0.15) is 0 Å². The van der Waals surface area contributed by atoms with Crippen LogP contribution in [-0.4, -0.2) is 11.6 Å². The zero-order chi connectivity index (χ0) is 13.6. The third kappa shape index (κ3) is 10.9. The van der Waals surface area contributed by atoms with Gasteiger partial charge >= 0.3 is 0 Å². The molecule has 0 aliphatic heterocycles. The minimum atomic E-state index is 0.104. The minimum absolute atomic E-state index is 0.104. The second-order valence-electron chi connectivity index (χ2n) is 4.25. The summed E-state index contributed by atoms with van der Waals surface area (Å²) in [6, 6.07) is 0. The van der Waals surface area contributed by atoms with Crippen LogP contribution >= 0.6 is 0 Å². The molecular formula is C16H22O2. The van der Waals surface area contributed by atoms with E-state index in [-0.39, 0.29) is 11.6 Å². The van der Waals surface area contributed by atoms with Gasteiger partial charge in [-0.1, -0.05) is 38.8 Å². The maximum Gasteiger partial charge on any atom is 0.163 e. The standard InChI is InChI=1S/C16H22O2/c1-3-11-15(17)13-9-7-5-6-8-10-14-16(18)12-4-2/h11-12H,1-2,5-10,13-14H2. The Hall–Kier alpha value is -1.62. The van der Waals surface area contributed by atoms with E-state index in [1.165, 1.54) is 12.2 Å². The summed E-state index contributed by atoms with van der Waals surface area (Å²) in [5.74, 6) is 0.207. The number of hydrogen-bond donors (Lipinski definition) is 0. The van der Waals surface area contributed by atoms with E-state index in [9.17, 15) is 9.59 Å². The highest BCUT2D eigenvalue weighted by Crippen LogP contribution is 2.09. The summed E-state index contributed by atoms with van der Waals surface area (Å²) < 4.78 is 0. The highest BCUT2D eigenvalue weighted by atomic mass is 16.1. The summed E-state index contributed by atoms with van der Waals surface area (Å²) >= 11 is 0. The monoisotopic (exact) mass is 246 g/mol.